The molecule has 1 N–H and O–H groups in total. The SMILES string of the molecule is O=C(CCc1cccc2c1BOC2)NS(=O)(=O)C1CC1. The van der Waals surface area contributed by atoms with Gasteiger partial charge >= 0.3 is 7.48 Å². The molecule has 0 aromatic heterocycles. The molecule has 7 heteroatoms. The summed E-state index contributed by atoms with van der Waals surface area (Å²) in [6.45, 7) is 0.616. The molecular formula is C13H16BNO4S. The third-order valence-corrected chi connectivity index (χ3v) is 5.58. The van der Waals surface area contributed by atoms with Gasteiger partial charge in [0.15, 0.2) is 0 Å². The lowest BCUT2D eigenvalue weighted by Gasteiger charge is -2.08. The number of hydrogen-bond acceptors (Lipinski definition) is 4. The van der Waals surface area contributed by atoms with Gasteiger partial charge in [0.05, 0.1) is 11.9 Å². The highest BCUT2D eigenvalue weighted by molar-refractivity contribution is 7.90. The molecule has 0 bridgehead atoms. The van der Waals surface area contributed by atoms with Crippen LogP contribution in [-0.2, 0) is 32.5 Å². The number of benzene rings is 1. The van der Waals surface area contributed by atoms with Crippen molar-refractivity contribution in [3.8, 4) is 0 Å². The first-order valence-electron chi connectivity index (χ1n) is 6.78. The monoisotopic (exact) mass is 293 g/mol. The molecule has 0 radical (unpaired) electrons. The van der Waals surface area contributed by atoms with Gasteiger partial charge in [-0.3, -0.25) is 9.52 Å². The van der Waals surface area contributed by atoms with Crippen LogP contribution in [0, 0.1) is 0 Å². The van der Waals surface area contributed by atoms with E-state index in [1.54, 1.807) is 0 Å². The second-order valence-electron chi connectivity index (χ2n) is 5.32. The molecule has 1 aromatic carbocycles. The van der Waals surface area contributed by atoms with E-state index in [1.807, 2.05) is 18.2 Å². The molecule has 1 heterocycles. The van der Waals surface area contributed by atoms with Crippen molar-refractivity contribution < 1.29 is 17.9 Å². The minimum Gasteiger partial charge on any atom is -0.430 e. The number of fused-ring (bicyclic) bond motifs is 1. The predicted octanol–water partition coefficient (Wildman–Crippen LogP) is -0.265. The van der Waals surface area contributed by atoms with Gasteiger partial charge in [-0.05, 0) is 30.3 Å². The van der Waals surface area contributed by atoms with Crippen molar-refractivity contribution in [3.05, 3.63) is 29.3 Å². The Labute approximate surface area is 119 Å². The van der Waals surface area contributed by atoms with E-state index < -0.39 is 15.9 Å². The molecule has 1 saturated carbocycles. The molecule has 106 valence electrons. The molecule has 0 atom stereocenters. The molecule has 0 unspecified atom stereocenters. The standard InChI is InChI=1S/C13H16BNO4S/c16-12(15-20(17,18)11-5-6-11)7-4-9-2-1-3-10-8-19-14-13(9)10/h1-3,11,14H,4-8H2,(H,15,16). The number of aryl methyl sites for hydroxylation is 1. The maximum atomic E-state index is 11.7. The van der Waals surface area contributed by atoms with Gasteiger partial charge in [0.25, 0.3) is 0 Å². The number of hydrogen-bond donors (Lipinski definition) is 1. The van der Waals surface area contributed by atoms with Crippen LogP contribution in [0.3, 0.4) is 0 Å². The maximum Gasteiger partial charge on any atom is 0.309 e. The number of sulfonamides is 1. The number of amides is 1. The highest BCUT2D eigenvalue weighted by Gasteiger charge is 2.36. The van der Waals surface area contributed by atoms with Crippen molar-refractivity contribution in [1.29, 1.82) is 0 Å². The Morgan fingerprint density at radius 1 is 1.40 bits per heavy atom. The Morgan fingerprint density at radius 3 is 2.95 bits per heavy atom. The van der Waals surface area contributed by atoms with Crippen LogP contribution in [0.5, 0.6) is 0 Å². The minimum atomic E-state index is -3.43. The maximum absolute atomic E-state index is 11.7. The second-order valence-corrected chi connectivity index (χ2v) is 7.28. The summed E-state index contributed by atoms with van der Waals surface area (Å²) in [5.74, 6) is -0.423. The first kappa shape index (κ1) is 13.6. The van der Waals surface area contributed by atoms with Crippen LogP contribution >= 0.6 is 0 Å². The van der Waals surface area contributed by atoms with Crippen molar-refractivity contribution in [3.63, 3.8) is 0 Å². The number of nitrogens with one attached hydrogen (secondary N) is 1. The third-order valence-electron chi connectivity index (χ3n) is 3.71. The van der Waals surface area contributed by atoms with E-state index in [2.05, 4.69) is 4.72 Å². The Hall–Kier alpha value is -1.34. The zero-order chi connectivity index (χ0) is 14.2. The average molecular weight is 293 g/mol. The van der Waals surface area contributed by atoms with E-state index >= 15 is 0 Å². The highest BCUT2D eigenvalue weighted by Crippen LogP contribution is 2.27. The Kier molecular flexibility index (Phi) is 3.56. The fraction of sp³-hybridized carbons (Fsp3) is 0.462. The molecule has 0 saturated heterocycles. The lowest BCUT2D eigenvalue weighted by atomic mass is 9.81. The molecule has 1 aliphatic heterocycles. The first-order chi connectivity index (χ1) is 9.56. The quantitative estimate of drug-likeness (QED) is 0.759. The van der Waals surface area contributed by atoms with Crippen molar-refractivity contribution in [2.45, 2.75) is 37.5 Å². The topological polar surface area (TPSA) is 72.5 Å². The van der Waals surface area contributed by atoms with Crippen LogP contribution in [0.25, 0.3) is 0 Å². The van der Waals surface area contributed by atoms with Crippen LogP contribution in [0.2, 0.25) is 0 Å². The molecule has 20 heavy (non-hydrogen) atoms. The summed E-state index contributed by atoms with van der Waals surface area (Å²) < 4.78 is 30.8. The van der Waals surface area contributed by atoms with Gasteiger partial charge in [-0.15, -0.1) is 0 Å². The second kappa shape index (κ2) is 5.22. The van der Waals surface area contributed by atoms with Gasteiger partial charge in [-0.2, -0.15) is 0 Å². The molecule has 1 fully saturated rings. The van der Waals surface area contributed by atoms with Crippen molar-refractivity contribution in [2.75, 3.05) is 0 Å². The summed E-state index contributed by atoms with van der Waals surface area (Å²) in [6, 6.07) is 5.93. The normalized spacial score (nSPS) is 17.4. The molecule has 2 aliphatic rings. The molecule has 1 amide bonds. The van der Waals surface area contributed by atoms with Crippen LogP contribution in [0.4, 0.5) is 0 Å². The summed E-state index contributed by atoms with van der Waals surface area (Å²) in [5, 5.41) is -0.360. The minimum absolute atomic E-state index is 0.183. The van der Waals surface area contributed by atoms with Gasteiger partial charge in [0.2, 0.25) is 15.9 Å². The Balaban J connectivity index is 1.60. The lowest BCUT2D eigenvalue weighted by Crippen LogP contribution is -2.33. The molecule has 5 nitrogen and oxygen atoms in total. The van der Waals surface area contributed by atoms with Crippen LogP contribution in [0.1, 0.15) is 30.4 Å². The summed E-state index contributed by atoms with van der Waals surface area (Å²) in [6.07, 6.45) is 2.04. The Bertz CT molecular complexity index is 640. The van der Waals surface area contributed by atoms with Crippen molar-refractivity contribution in [2.24, 2.45) is 0 Å². The summed E-state index contributed by atoms with van der Waals surface area (Å²) >= 11 is 0. The fourth-order valence-corrected chi connectivity index (χ4v) is 3.77. The lowest BCUT2D eigenvalue weighted by molar-refractivity contribution is -0.119. The van der Waals surface area contributed by atoms with E-state index in [0.29, 0.717) is 33.4 Å². The molecular weight excluding hydrogens is 277 g/mol. The smallest absolute Gasteiger partial charge is 0.309 e. The van der Waals surface area contributed by atoms with Crippen LogP contribution in [-0.4, -0.2) is 27.1 Å². The van der Waals surface area contributed by atoms with Crippen molar-refractivity contribution >= 4 is 28.9 Å². The van der Waals surface area contributed by atoms with E-state index in [0.717, 1.165) is 16.6 Å². The van der Waals surface area contributed by atoms with Gasteiger partial charge < -0.3 is 4.65 Å². The van der Waals surface area contributed by atoms with Gasteiger partial charge in [0, 0.05) is 6.42 Å². The van der Waals surface area contributed by atoms with Crippen molar-refractivity contribution in [1.82, 2.24) is 4.72 Å². The van der Waals surface area contributed by atoms with Crippen LogP contribution in [0.15, 0.2) is 18.2 Å². The van der Waals surface area contributed by atoms with E-state index in [1.165, 1.54) is 0 Å². The fourth-order valence-electron chi connectivity index (χ4n) is 2.43. The average Bonchev–Trinajstić information content (AvgIpc) is 3.15. The van der Waals surface area contributed by atoms with E-state index in [4.69, 9.17) is 4.65 Å². The summed E-state index contributed by atoms with van der Waals surface area (Å²) in [4.78, 5) is 11.7. The van der Waals surface area contributed by atoms with Gasteiger partial charge in [-0.1, -0.05) is 23.8 Å². The number of carbonyl (C=O) groups excluding carboxylic acids is 1. The summed E-state index contributed by atoms with van der Waals surface area (Å²) in [7, 11) is -2.85. The van der Waals surface area contributed by atoms with Gasteiger partial charge in [-0.25, -0.2) is 8.42 Å². The zero-order valence-corrected chi connectivity index (χ0v) is 11.9. The van der Waals surface area contributed by atoms with Crippen LogP contribution < -0.4 is 10.2 Å². The first-order valence-corrected chi connectivity index (χ1v) is 8.33. The molecule has 1 aliphatic carbocycles. The number of rotatable bonds is 5. The van der Waals surface area contributed by atoms with E-state index in [9.17, 15) is 13.2 Å². The molecule has 0 spiro atoms. The highest BCUT2D eigenvalue weighted by atomic mass is 32.2. The summed E-state index contributed by atoms with van der Waals surface area (Å²) in [5.41, 5.74) is 3.37. The zero-order valence-electron chi connectivity index (χ0n) is 11.1. The molecule has 3 rings (SSSR count). The number of carbonyl (C=O) groups is 1. The predicted molar refractivity (Wildman–Crippen MR) is 76.4 cm³/mol. The Morgan fingerprint density at radius 2 is 2.20 bits per heavy atom. The van der Waals surface area contributed by atoms with Gasteiger partial charge in [0.1, 0.15) is 0 Å². The molecule has 1 aromatic rings. The largest absolute Gasteiger partial charge is 0.430 e. The third kappa shape index (κ3) is 2.88. The van der Waals surface area contributed by atoms with E-state index in [-0.39, 0.29) is 11.7 Å².